The Kier molecular flexibility index (Phi) is 3.82. The van der Waals surface area contributed by atoms with Crippen molar-refractivity contribution in [1.29, 1.82) is 0 Å². The van der Waals surface area contributed by atoms with Crippen molar-refractivity contribution < 1.29 is 19.5 Å². The van der Waals surface area contributed by atoms with E-state index in [0.29, 0.717) is 11.2 Å². The summed E-state index contributed by atoms with van der Waals surface area (Å²) in [6.07, 6.45) is 2.96. The Balaban J connectivity index is 1.93. The van der Waals surface area contributed by atoms with Crippen LogP contribution in [0.1, 0.15) is 19.3 Å². The summed E-state index contributed by atoms with van der Waals surface area (Å²) in [5.74, 6) is 0.691. The van der Waals surface area contributed by atoms with E-state index in [2.05, 4.69) is 0 Å². The lowest BCUT2D eigenvalue weighted by atomic mass is 9.80. The van der Waals surface area contributed by atoms with Crippen molar-refractivity contribution in [2.24, 2.45) is 0 Å². The smallest absolute Gasteiger partial charge is 0.465 e. The molecule has 0 amide bonds. The van der Waals surface area contributed by atoms with Crippen LogP contribution in [0.15, 0.2) is 24.3 Å². The Morgan fingerprint density at radius 3 is 2.50 bits per heavy atom. The van der Waals surface area contributed by atoms with Crippen LogP contribution in [0, 0.1) is 0 Å². The molecule has 1 fully saturated rings. The Bertz CT molecular complexity index is 319. The molecule has 1 saturated heterocycles. The van der Waals surface area contributed by atoms with Gasteiger partial charge in [0.05, 0.1) is 6.61 Å². The van der Waals surface area contributed by atoms with E-state index < -0.39 is 7.12 Å². The minimum absolute atomic E-state index is 0.168. The Morgan fingerprint density at radius 1 is 1.19 bits per heavy atom. The summed E-state index contributed by atoms with van der Waals surface area (Å²) in [5, 5.41) is 17.9. The fraction of sp³-hybridized carbons (Fsp3) is 0.455. The molecule has 4 nitrogen and oxygen atoms in total. The first kappa shape index (κ1) is 11.5. The molecule has 2 N–H and O–H groups in total. The molecule has 1 atom stereocenters. The van der Waals surface area contributed by atoms with Crippen molar-refractivity contribution in [3.8, 4) is 5.75 Å². The average molecular weight is 222 g/mol. The second-order valence-electron chi connectivity index (χ2n) is 3.86. The van der Waals surface area contributed by atoms with E-state index >= 15 is 0 Å². The number of hydrogen-bond acceptors (Lipinski definition) is 4. The zero-order valence-corrected chi connectivity index (χ0v) is 9.00. The summed E-state index contributed by atoms with van der Waals surface area (Å²) in [6, 6.07) is 6.69. The lowest BCUT2D eigenvalue weighted by molar-refractivity contribution is -0.105. The fourth-order valence-corrected chi connectivity index (χ4v) is 1.67. The zero-order valence-electron chi connectivity index (χ0n) is 9.00. The second-order valence-corrected chi connectivity index (χ2v) is 3.86. The highest BCUT2D eigenvalue weighted by atomic mass is 16.7. The summed E-state index contributed by atoms with van der Waals surface area (Å²) < 4.78 is 11.0. The van der Waals surface area contributed by atoms with Gasteiger partial charge in [0.25, 0.3) is 0 Å². The topological polar surface area (TPSA) is 58.9 Å². The molecule has 1 unspecified atom stereocenters. The van der Waals surface area contributed by atoms with Crippen LogP contribution in [0.4, 0.5) is 0 Å². The summed E-state index contributed by atoms with van der Waals surface area (Å²) in [6.45, 7) is 0.748. The van der Waals surface area contributed by atoms with Gasteiger partial charge in [-0.3, -0.25) is 0 Å². The number of ether oxygens (including phenoxy) is 2. The third-order valence-electron chi connectivity index (χ3n) is 2.58. The standard InChI is InChI=1S/C11H15BO4/c13-12(14)9-4-6-10(7-5-9)16-11-3-1-2-8-15-11/h4-7,11,13-14H,1-3,8H2. The molecule has 5 heteroatoms. The van der Waals surface area contributed by atoms with Crippen LogP contribution in [-0.4, -0.2) is 30.1 Å². The molecule has 1 aromatic rings. The second kappa shape index (κ2) is 5.34. The molecule has 0 spiro atoms. The maximum absolute atomic E-state index is 8.93. The number of benzene rings is 1. The SMILES string of the molecule is OB(O)c1ccc(OC2CCCCO2)cc1. The molecule has 0 radical (unpaired) electrons. The highest BCUT2D eigenvalue weighted by molar-refractivity contribution is 6.58. The first-order valence-corrected chi connectivity index (χ1v) is 5.50. The molecule has 1 heterocycles. The Labute approximate surface area is 95.0 Å². The van der Waals surface area contributed by atoms with Gasteiger partial charge in [0.2, 0.25) is 0 Å². The molecule has 1 aliphatic rings. The van der Waals surface area contributed by atoms with Gasteiger partial charge in [-0.05, 0) is 30.4 Å². The van der Waals surface area contributed by atoms with E-state index in [0.717, 1.165) is 25.9 Å². The number of hydrogen-bond donors (Lipinski definition) is 2. The summed E-state index contributed by atoms with van der Waals surface area (Å²) in [4.78, 5) is 0. The molecular formula is C11H15BO4. The van der Waals surface area contributed by atoms with Gasteiger partial charge in [-0.15, -0.1) is 0 Å². The van der Waals surface area contributed by atoms with Gasteiger partial charge in [-0.25, -0.2) is 0 Å². The molecule has 0 saturated carbocycles. The molecule has 86 valence electrons. The van der Waals surface area contributed by atoms with E-state index in [1.807, 2.05) is 0 Å². The monoisotopic (exact) mass is 222 g/mol. The van der Waals surface area contributed by atoms with E-state index in [9.17, 15) is 0 Å². The van der Waals surface area contributed by atoms with Crippen LogP contribution >= 0.6 is 0 Å². The fourth-order valence-electron chi connectivity index (χ4n) is 1.67. The summed E-state index contributed by atoms with van der Waals surface area (Å²) >= 11 is 0. The quantitative estimate of drug-likeness (QED) is 0.720. The van der Waals surface area contributed by atoms with Gasteiger partial charge in [0, 0.05) is 6.42 Å². The van der Waals surface area contributed by atoms with Crippen LogP contribution in [0.5, 0.6) is 5.75 Å². The highest BCUT2D eigenvalue weighted by Gasteiger charge is 2.16. The van der Waals surface area contributed by atoms with Crippen molar-refractivity contribution in [3.05, 3.63) is 24.3 Å². The van der Waals surface area contributed by atoms with Crippen molar-refractivity contribution in [1.82, 2.24) is 0 Å². The maximum atomic E-state index is 8.93. The number of rotatable bonds is 3. The van der Waals surface area contributed by atoms with E-state index in [1.165, 1.54) is 0 Å². The molecule has 2 rings (SSSR count). The van der Waals surface area contributed by atoms with Gasteiger partial charge < -0.3 is 19.5 Å². The average Bonchev–Trinajstić information content (AvgIpc) is 2.31. The Morgan fingerprint density at radius 2 is 1.94 bits per heavy atom. The van der Waals surface area contributed by atoms with Gasteiger partial charge >= 0.3 is 7.12 Å². The van der Waals surface area contributed by atoms with Gasteiger partial charge in [0.15, 0.2) is 6.29 Å². The molecule has 16 heavy (non-hydrogen) atoms. The van der Waals surface area contributed by atoms with Crippen LogP contribution in [0.25, 0.3) is 0 Å². The van der Waals surface area contributed by atoms with Crippen molar-refractivity contribution in [2.45, 2.75) is 25.6 Å². The molecule has 0 bridgehead atoms. The van der Waals surface area contributed by atoms with Crippen molar-refractivity contribution in [2.75, 3.05) is 6.61 Å². The van der Waals surface area contributed by atoms with Gasteiger partial charge in [-0.1, -0.05) is 12.1 Å². The normalized spacial score (nSPS) is 20.5. The molecule has 0 aliphatic carbocycles. The third-order valence-corrected chi connectivity index (χ3v) is 2.58. The third kappa shape index (κ3) is 2.98. The molecular weight excluding hydrogens is 207 g/mol. The largest absolute Gasteiger partial charge is 0.488 e. The predicted molar refractivity (Wildman–Crippen MR) is 60.5 cm³/mol. The van der Waals surface area contributed by atoms with Crippen LogP contribution in [0.3, 0.4) is 0 Å². The maximum Gasteiger partial charge on any atom is 0.488 e. The van der Waals surface area contributed by atoms with Crippen LogP contribution in [0.2, 0.25) is 0 Å². The zero-order chi connectivity index (χ0) is 11.4. The Hall–Kier alpha value is -1.04. The van der Waals surface area contributed by atoms with Crippen LogP contribution in [-0.2, 0) is 4.74 Å². The lowest BCUT2D eigenvalue weighted by Crippen LogP contribution is -2.29. The minimum atomic E-state index is -1.43. The van der Waals surface area contributed by atoms with Gasteiger partial charge in [0.1, 0.15) is 5.75 Å². The first-order valence-electron chi connectivity index (χ1n) is 5.50. The summed E-state index contributed by atoms with van der Waals surface area (Å²) in [7, 11) is -1.43. The highest BCUT2D eigenvalue weighted by Crippen LogP contribution is 2.18. The first-order chi connectivity index (χ1) is 7.75. The van der Waals surface area contributed by atoms with E-state index in [1.54, 1.807) is 24.3 Å². The van der Waals surface area contributed by atoms with Gasteiger partial charge in [-0.2, -0.15) is 0 Å². The van der Waals surface area contributed by atoms with E-state index in [4.69, 9.17) is 19.5 Å². The van der Waals surface area contributed by atoms with Crippen molar-refractivity contribution in [3.63, 3.8) is 0 Å². The molecule has 1 aliphatic heterocycles. The van der Waals surface area contributed by atoms with Crippen molar-refractivity contribution >= 4 is 12.6 Å². The molecule has 0 aromatic heterocycles. The lowest BCUT2D eigenvalue weighted by Gasteiger charge is -2.23. The predicted octanol–water partition coefficient (Wildman–Crippen LogP) is 0.272. The minimum Gasteiger partial charge on any atom is -0.465 e. The van der Waals surface area contributed by atoms with Crippen LogP contribution < -0.4 is 10.2 Å². The summed E-state index contributed by atoms with van der Waals surface area (Å²) in [5.41, 5.74) is 0.455. The molecule has 1 aromatic carbocycles. The van der Waals surface area contributed by atoms with E-state index in [-0.39, 0.29) is 6.29 Å².